The van der Waals surface area contributed by atoms with Gasteiger partial charge < -0.3 is 19.3 Å². The van der Waals surface area contributed by atoms with Crippen LogP contribution in [0, 0.1) is 5.82 Å². The number of likely N-dealkylation sites (tertiary alicyclic amines) is 1. The van der Waals surface area contributed by atoms with Crippen LogP contribution >= 0.6 is 0 Å². The van der Waals surface area contributed by atoms with Crippen LogP contribution in [0.4, 0.5) is 10.3 Å². The number of carbonyl (C=O) groups excluding carboxylic acids is 1. The van der Waals surface area contributed by atoms with Crippen molar-refractivity contribution in [2.75, 3.05) is 25.5 Å². The Balaban J connectivity index is 1.20. The molecule has 1 saturated heterocycles. The zero-order valence-electron chi connectivity index (χ0n) is 24.4. The van der Waals surface area contributed by atoms with Crippen molar-refractivity contribution < 1.29 is 19.0 Å². The van der Waals surface area contributed by atoms with E-state index in [0.29, 0.717) is 36.0 Å². The number of imidazole rings is 1. The summed E-state index contributed by atoms with van der Waals surface area (Å²) in [5.74, 6) is -0.0760. The topological polar surface area (TPSA) is 105 Å². The summed E-state index contributed by atoms with van der Waals surface area (Å²) in [7, 11) is 1.49. The lowest BCUT2D eigenvalue weighted by atomic mass is 9.89. The molecule has 7 rings (SSSR count). The summed E-state index contributed by atoms with van der Waals surface area (Å²) >= 11 is 0. The molecule has 2 aliphatic carbocycles. The van der Waals surface area contributed by atoms with Crippen LogP contribution in [0.5, 0.6) is 5.75 Å². The van der Waals surface area contributed by atoms with E-state index < -0.39 is 11.7 Å². The summed E-state index contributed by atoms with van der Waals surface area (Å²) in [5.41, 5.74) is 3.24. The molecule has 43 heavy (non-hydrogen) atoms. The van der Waals surface area contributed by atoms with Crippen LogP contribution in [-0.4, -0.2) is 67.8 Å². The van der Waals surface area contributed by atoms with Gasteiger partial charge in [-0.3, -0.25) is 20.1 Å². The summed E-state index contributed by atoms with van der Waals surface area (Å²) in [6.45, 7) is 2.27. The van der Waals surface area contributed by atoms with E-state index >= 15 is 4.39 Å². The molecule has 3 fully saturated rings. The maximum Gasteiger partial charge on any atom is 0.261 e. The normalized spacial score (nSPS) is 21.7. The van der Waals surface area contributed by atoms with E-state index in [1.165, 1.54) is 44.0 Å². The van der Waals surface area contributed by atoms with Crippen molar-refractivity contribution in [1.29, 1.82) is 0 Å². The second-order valence-corrected chi connectivity index (χ2v) is 12.1. The zero-order chi connectivity index (χ0) is 29.5. The third-order valence-electron chi connectivity index (χ3n) is 9.42. The van der Waals surface area contributed by atoms with Gasteiger partial charge >= 0.3 is 0 Å². The molecule has 0 spiro atoms. The fourth-order valence-electron chi connectivity index (χ4n) is 6.89. The minimum absolute atomic E-state index is 0.00949. The smallest absolute Gasteiger partial charge is 0.261 e. The average molecular weight is 585 g/mol. The molecule has 0 unspecified atom stereocenters. The van der Waals surface area contributed by atoms with Crippen LogP contribution in [0.3, 0.4) is 0 Å². The van der Waals surface area contributed by atoms with Gasteiger partial charge in [0.2, 0.25) is 5.95 Å². The molecular weight excluding hydrogens is 547 g/mol. The molecule has 1 amide bonds. The number of nitrogens with zero attached hydrogens (tertiary/aromatic N) is 5. The number of carbonyl (C=O) groups is 1. The van der Waals surface area contributed by atoms with Crippen molar-refractivity contribution in [2.45, 2.75) is 75.5 Å². The third kappa shape index (κ3) is 5.49. The summed E-state index contributed by atoms with van der Waals surface area (Å²) in [6, 6.07) is 10.3. The first-order valence-electron chi connectivity index (χ1n) is 15.4. The number of nitrogens with one attached hydrogen (secondary N) is 1. The molecular formula is C33H37FN6O3. The van der Waals surface area contributed by atoms with Crippen LogP contribution in [0.1, 0.15) is 79.2 Å². The maximum atomic E-state index is 15.8. The molecule has 3 aliphatic rings. The van der Waals surface area contributed by atoms with Gasteiger partial charge in [-0.1, -0.05) is 6.07 Å². The molecule has 1 aromatic carbocycles. The number of aromatic nitrogens is 4. The lowest BCUT2D eigenvalue weighted by molar-refractivity contribution is 0.101. The van der Waals surface area contributed by atoms with Crippen LogP contribution in [0.15, 0.2) is 48.9 Å². The number of aliphatic hydroxyl groups excluding tert-OH is 1. The van der Waals surface area contributed by atoms with Gasteiger partial charge in [0.25, 0.3) is 5.91 Å². The number of aliphatic hydroxyl groups is 1. The average Bonchev–Trinajstić information content (AvgIpc) is 3.83. The van der Waals surface area contributed by atoms with Gasteiger partial charge in [0, 0.05) is 30.7 Å². The zero-order valence-corrected chi connectivity index (χ0v) is 24.4. The standard InChI is InChI=1S/C33H37FN6O3/c1-43-29-11-14-35-19-26(29)31-30(34)25(10-15-36-31)32(42)38-33-37-27-18-21(20-12-16-39(17-13-20)22-3-4-22)2-9-28(27)40(33)23-5-7-24(41)8-6-23/h2,9-11,14-15,18-20,22-24,41H,3-8,12-13,16-17H2,1H3,(H,37,38,42). The van der Waals surface area contributed by atoms with Crippen LogP contribution in [0.2, 0.25) is 0 Å². The van der Waals surface area contributed by atoms with E-state index in [9.17, 15) is 9.90 Å². The van der Waals surface area contributed by atoms with Crippen LogP contribution in [0.25, 0.3) is 22.3 Å². The number of hydrogen-bond acceptors (Lipinski definition) is 7. The number of anilines is 1. The number of rotatable bonds is 7. The summed E-state index contributed by atoms with van der Waals surface area (Å²) in [4.78, 5) is 29.4. The minimum Gasteiger partial charge on any atom is -0.496 e. The molecule has 0 bridgehead atoms. The largest absolute Gasteiger partial charge is 0.496 e. The number of pyridine rings is 2. The monoisotopic (exact) mass is 584 g/mol. The van der Waals surface area contributed by atoms with Crippen molar-refractivity contribution in [3.05, 3.63) is 65.9 Å². The summed E-state index contributed by atoms with van der Waals surface area (Å²) in [6.07, 6.45) is 12.0. The first-order valence-corrected chi connectivity index (χ1v) is 15.4. The number of hydrogen-bond donors (Lipinski definition) is 2. The van der Waals surface area contributed by atoms with E-state index in [-0.39, 0.29) is 23.4 Å². The molecule has 2 saturated carbocycles. The molecule has 0 radical (unpaired) electrons. The number of halogens is 1. The lowest BCUT2D eigenvalue weighted by Crippen LogP contribution is -2.34. The lowest BCUT2D eigenvalue weighted by Gasteiger charge is -2.32. The van der Waals surface area contributed by atoms with E-state index in [1.54, 1.807) is 12.3 Å². The molecule has 224 valence electrons. The maximum absolute atomic E-state index is 15.8. The fraction of sp³-hybridized carbons (Fsp3) is 0.455. The Morgan fingerprint density at radius 2 is 1.77 bits per heavy atom. The predicted molar refractivity (Wildman–Crippen MR) is 162 cm³/mol. The quantitative estimate of drug-likeness (QED) is 0.287. The first-order chi connectivity index (χ1) is 21.0. The fourth-order valence-corrected chi connectivity index (χ4v) is 6.89. The number of ether oxygens (including phenoxy) is 1. The second-order valence-electron chi connectivity index (χ2n) is 12.1. The predicted octanol–water partition coefficient (Wildman–Crippen LogP) is 5.71. The van der Waals surface area contributed by atoms with E-state index in [1.807, 2.05) is 0 Å². The highest BCUT2D eigenvalue weighted by Crippen LogP contribution is 2.38. The highest BCUT2D eigenvalue weighted by atomic mass is 19.1. The number of fused-ring (bicyclic) bond motifs is 1. The van der Waals surface area contributed by atoms with Gasteiger partial charge in [0.15, 0.2) is 5.82 Å². The Bertz CT molecular complexity index is 1640. The number of amides is 1. The van der Waals surface area contributed by atoms with Crippen molar-refractivity contribution in [1.82, 2.24) is 24.4 Å². The number of benzene rings is 1. The highest BCUT2D eigenvalue weighted by Gasteiger charge is 2.33. The molecule has 9 nitrogen and oxygen atoms in total. The van der Waals surface area contributed by atoms with Crippen molar-refractivity contribution in [3.63, 3.8) is 0 Å². The number of methoxy groups -OCH3 is 1. The van der Waals surface area contributed by atoms with Gasteiger partial charge in [-0.15, -0.1) is 0 Å². The Labute approximate surface area is 250 Å². The van der Waals surface area contributed by atoms with Gasteiger partial charge in [0.1, 0.15) is 11.4 Å². The molecule has 4 heterocycles. The van der Waals surface area contributed by atoms with Crippen LogP contribution < -0.4 is 10.1 Å². The molecule has 4 aromatic rings. The number of piperidine rings is 1. The summed E-state index contributed by atoms with van der Waals surface area (Å²) in [5, 5.41) is 13.1. The van der Waals surface area contributed by atoms with Crippen molar-refractivity contribution in [3.8, 4) is 17.0 Å². The molecule has 0 atom stereocenters. The van der Waals surface area contributed by atoms with Gasteiger partial charge in [-0.25, -0.2) is 9.37 Å². The Morgan fingerprint density at radius 1 is 1.00 bits per heavy atom. The SMILES string of the molecule is COc1ccncc1-c1nccc(C(=O)Nc2nc3cc(C4CCN(C5CC5)CC4)ccc3n2C2CCC(O)CC2)c1F. The Kier molecular flexibility index (Phi) is 7.56. The first kappa shape index (κ1) is 27.9. The van der Waals surface area contributed by atoms with E-state index in [4.69, 9.17) is 9.72 Å². The van der Waals surface area contributed by atoms with Gasteiger partial charge in [-0.05, 0) is 100 Å². The Hall–Kier alpha value is -3.89. The van der Waals surface area contributed by atoms with Gasteiger partial charge in [0.05, 0.1) is 35.4 Å². The van der Waals surface area contributed by atoms with Crippen molar-refractivity contribution >= 4 is 22.9 Å². The van der Waals surface area contributed by atoms with Crippen molar-refractivity contribution in [2.24, 2.45) is 0 Å². The minimum atomic E-state index is -0.755. The van der Waals surface area contributed by atoms with Crippen LogP contribution in [-0.2, 0) is 0 Å². The molecule has 10 heteroatoms. The Morgan fingerprint density at radius 3 is 2.51 bits per heavy atom. The second kappa shape index (κ2) is 11.7. The third-order valence-corrected chi connectivity index (χ3v) is 9.42. The molecule has 2 N–H and O–H groups in total. The van der Waals surface area contributed by atoms with E-state index in [2.05, 4.69) is 43.0 Å². The highest BCUT2D eigenvalue weighted by molar-refractivity contribution is 6.05. The van der Waals surface area contributed by atoms with E-state index in [0.717, 1.165) is 55.8 Å². The molecule has 1 aliphatic heterocycles. The summed E-state index contributed by atoms with van der Waals surface area (Å²) < 4.78 is 23.2. The molecule has 3 aromatic heterocycles. The van der Waals surface area contributed by atoms with Gasteiger partial charge in [-0.2, -0.15) is 0 Å².